The van der Waals surface area contributed by atoms with Gasteiger partial charge in [0, 0.05) is 0 Å². The number of carbonyl (C=O) groups excluding carboxylic acids is 3. The summed E-state index contributed by atoms with van der Waals surface area (Å²) in [5.41, 5.74) is 2.35. The van der Waals surface area contributed by atoms with Gasteiger partial charge in [0.15, 0.2) is 13.2 Å². The van der Waals surface area contributed by atoms with Crippen molar-refractivity contribution in [2.45, 2.75) is 38.3 Å². The summed E-state index contributed by atoms with van der Waals surface area (Å²) in [6.45, 7) is 0.888. The monoisotopic (exact) mass is 410 g/mol. The van der Waals surface area contributed by atoms with Crippen LogP contribution in [-0.2, 0) is 25.5 Å². The summed E-state index contributed by atoms with van der Waals surface area (Å²) in [5, 5.41) is 5.42. The highest BCUT2D eigenvalue weighted by Gasteiger charge is 2.23. The second-order valence-corrected chi connectivity index (χ2v) is 7.21. The van der Waals surface area contributed by atoms with E-state index in [0.717, 1.165) is 24.8 Å². The summed E-state index contributed by atoms with van der Waals surface area (Å²) in [6.07, 6.45) is 2.85. The van der Waals surface area contributed by atoms with E-state index in [1.807, 2.05) is 24.3 Å². The van der Waals surface area contributed by atoms with E-state index in [4.69, 9.17) is 9.47 Å². The average Bonchev–Trinajstić information content (AvgIpc) is 2.77. The SMILES string of the molecule is C[C@H](NC(=O)COc1ccccc1)C(=O)OCC(=O)N[C@H]1CCCc2ccccc21. The Hall–Kier alpha value is -3.35. The lowest BCUT2D eigenvalue weighted by Gasteiger charge is -2.26. The Morgan fingerprint density at radius 2 is 1.73 bits per heavy atom. The number of benzene rings is 2. The summed E-state index contributed by atoms with van der Waals surface area (Å²) >= 11 is 0. The van der Waals surface area contributed by atoms with Crippen LogP contribution in [-0.4, -0.2) is 37.0 Å². The predicted molar refractivity (Wildman–Crippen MR) is 111 cm³/mol. The number of hydrogen-bond donors (Lipinski definition) is 2. The lowest BCUT2D eigenvalue weighted by Crippen LogP contribution is -2.43. The summed E-state index contributed by atoms with van der Waals surface area (Å²) in [7, 11) is 0. The van der Waals surface area contributed by atoms with Gasteiger partial charge in [-0.1, -0.05) is 42.5 Å². The second kappa shape index (κ2) is 10.4. The van der Waals surface area contributed by atoms with Gasteiger partial charge in [0.25, 0.3) is 11.8 Å². The van der Waals surface area contributed by atoms with Crippen molar-refractivity contribution >= 4 is 17.8 Å². The molecule has 2 aromatic carbocycles. The lowest BCUT2D eigenvalue weighted by atomic mass is 9.88. The lowest BCUT2D eigenvalue weighted by molar-refractivity contribution is -0.151. The molecular weight excluding hydrogens is 384 g/mol. The molecule has 0 spiro atoms. The third-order valence-electron chi connectivity index (χ3n) is 4.89. The largest absolute Gasteiger partial charge is 0.484 e. The maximum absolute atomic E-state index is 12.2. The fourth-order valence-electron chi connectivity index (χ4n) is 3.41. The molecule has 0 fully saturated rings. The molecule has 0 aromatic heterocycles. The highest BCUT2D eigenvalue weighted by atomic mass is 16.5. The minimum Gasteiger partial charge on any atom is -0.484 e. The molecule has 0 saturated heterocycles. The highest BCUT2D eigenvalue weighted by Crippen LogP contribution is 2.29. The van der Waals surface area contributed by atoms with Crippen LogP contribution in [0.1, 0.15) is 36.9 Å². The van der Waals surface area contributed by atoms with E-state index in [1.165, 1.54) is 12.5 Å². The Bertz CT molecular complexity index is 884. The third kappa shape index (κ3) is 6.07. The highest BCUT2D eigenvalue weighted by molar-refractivity contribution is 5.86. The topological polar surface area (TPSA) is 93.7 Å². The van der Waals surface area contributed by atoms with E-state index in [2.05, 4.69) is 16.7 Å². The Kier molecular flexibility index (Phi) is 7.43. The molecule has 1 aliphatic carbocycles. The normalized spacial score (nSPS) is 16.0. The van der Waals surface area contributed by atoms with Crippen LogP contribution >= 0.6 is 0 Å². The Morgan fingerprint density at radius 1 is 1.00 bits per heavy atom. The van der Waals surface area contributed by atoms with Crippen LogP contribution in [0.15, 0.2) is 54.6 Å². The smallest absolute Gasteiger partial charge is 0.328 e. The first-order chi connectivity index (χ1) is 14.5. The molecule has 2 N–H and O–H groups in total. The van der Waals surface area contributed by atoms with Crippen LogP contribution in [0.4, 0.5) is 0 Å². The molecule has 0 unspecified atom stereocenters. The molecule has 0 aliphatic heterocycles. The van der Waals surface area contributed by atoms with Crippen LogP contribution in [0.2, 0.25) is 0 Å². The van der Waals surface area contributed by atoms with Crippen LogP contribution in [0.5, 0.6) is 5.75 Å². The molecule has 2 aromatic rings. The van der Waals surface area contributed by atoms with Gasteiger partial charge in [-0.15, -0.1) is 0 Å². The fraction of sp³-hybridized carbons (Fsp3) is 0.348. The number of para-hydroxylation sites is 1. The molecule has 158 valence electrons. The van der Waals surface area contributed by atoms with Gasteiger partial charge in [0.2, 0.25) is 0 Å². The zero-order chi connectivity index (χ0) is 21.3. The number of fused-ring (bicyclic) bond motifs is 1. The number of aryl methyl sites for hydroxylation is 1. The number of rotatable bonds is 8. The molecular formula is C23H26N2O5. The first kappa shape index (κ1) is 21.4. The van der Waals surface area contributed by atoms with Crippen molar-refractivity contribution in [3.63, 3.8) is 0 Å². The molecule has 0 radical (unpaired) electrons. The minimum atomic E-state index is -0.889. The van der Waals surface area contributed by atoms with Crippen LogP contribution in [0.3, 0.4) is 0 Å². The van der Waals surface area contributed by atoms with E-state index in [1.54, 1.807) is 24.3 Å². The number of carbonyl (C=O) groups is 3. The van der Waals surface area contributed by atoms with Gasteiger partial charge >= 0.3 is 5.97 Å². The molecule has 7 heteroatoms. The number of ether oxygens (including phenoxy) is 2. The van der Waals surface area contributed by atoms with Gasteiger partial charge in [-0.05, 0) is 49.4 Å². The summed E-state index contributed by atoms with van der Waals surface area (Å²) in [5.74, 6) is -0.936. The molecule has 0 saturated carbocycles. The van der Waals surface area contributed by atoms with Crippen molar-refractivity contribution < 1.29 is 23.9 Å². The summed E-state index contributed by atoms with van der Waals surface area (Å²) in [6, 6.07) is 16.0. The molecule has 1 aliphatic rings. The van der Waals surface area contributed by atoms with Crippen molar-refractivity contribution in [3.8, 4) is 5.75 Å². The second-order valence-electron chi connectivity index (χ2n) is 7.21. The number of esters is 1. The summed E-state index contributed by atoms with van der Waals surface area (Å²) < 4.78 is 10.4. The van der Waals surface area contributed by atoms with Gasteiger partial charge in [0.05, 0.1) is 6.04 Å². The maximum atomic E-state index is 12.2. The standard InChI is InChI=1S/C23H26N2O5/c1-16(24-21(26)14-29-18-10-3-2-4-11-18)23(28)30-15-22(27)25-20-13-7-9-17-8-5-6-12-19(17)20/h2-6,8,10-12,16,20H,7,9,13-15H2,1H3,(H,24,26)(H,25,27)/t16-,20-/m0/s1. The minimum absolute atomic E-state index is 0.0755. The molecule has 3 rings (SSSR count). The van der Waals surface area contributed by atoms with E-state index in [9.17, 15) is 14.4 Å². The van der Waals surface area contributed by atoms with E-state index < -0.39 is 24.5 Å². The third-order valence-corrected chi connectivity index (χ3v) is 4.89. The van der Waals surface area contributed by atoms with Crippen molar-refractivity contribution in [1.82, 2.24) is 10.6 Å². The first-order valence-electron chi connectivity index (χ1n) is 10.0. The Balaban J connectivity index is 1.39. The van der Waals surface area contributed by atoms with Crippen molar-refractivity contribution in [1.29, 1.82) is 0 Å². The van der Waals surface area contributed by atoms with E-state index in [0.29, 0.717) is 5.75 Å². The zero-order valence-corrected chi connectivity index (χ0v) is 16.9. The van der Waals surface area contributed by atoms with Gasteiger partial charge in [-0.3, -0.25) is 9.59 Å². The fourth-order valence-corrected chi connectivity index (χ4v) is 3.41. The maximum Gasteiger partial charge on any atom is 0.328 e. The Morgan fingerprint density at radius 3 is 2.53 bits per heavy atom. The molecule has 0 heterocycles. The van der Waals surface area contributed by atoms with Crippen molar-refractivity contribution in [2.75, 3.05) is 13.2 Å². The quantitative estimate of drug-likeness (QED) is 0.652. The van der Waals surface area contributed by atoms with Gasteiger partial charge in [-0.2, -0.15) is 0 Å². The number of nitrogens with one attached hydrogen (secondary N) is 2. The van der Waals surface area contributed by atoms with Crippen LogP contribution in [0, 0.1) is 0 Å². The van der Waals surface area contributed by atoms with Crippen LogP contribution < -0.4 is 15.4 Å². The van der Waals surface area contributed by atoms with E-state index in [-0.39, 0.29) is 18.6 Å². The summed E-state index contributed by atoms with van der Waals surface area (Å²) in [4.78, 5) is 36.2. The van der Waals surface area contributed by atoms with Crippen molar-refractivity contribution in [3.05, 3.63) is 65.7 Å². The van der Waals surface area contributed by atoms with Crippen molar-refractivity contribution in [2.24, 2.45) is 0 Å². The van der Waals surface area contributed by atoms with E-state index >= 15 is 0 Å². The number of amides is 2. The molecule has 2 atom stereocenters. The molecule has 7 nitrogen and oxygen atoms in total. The zero-order valence-electron chi connectivity index (χ0n) is 16.9. The first-order valence-corrected chi connectivity index (χ1v) is 10.0. The Labute approximate surface area is 175 Å². The van der Waals surface area contributed by atoms with Gasteiger partial charge in [-0.25, -0.2) is 4.79 Å². The molecule has 0 bridgehead atoms. The predicted octanol–water partition coefficient (Wildman–Crippen LogP) is 2.31. The van der Waals surface area contributed by atoms with Gasteiger partial charge in [0.1, 0.15) is 11.8 Å². The van der Waals surface area contributed by atoms with Gasteiger partial charge < -0.3 is 20.1 Å². The van der Waals surface area contributed by atoms with Crippen LogP contribution in [0.25, 0.3) is 0 Å². The molecule has 30 heavy (non-hydrogen) atoms. The number of hydrogen-bond acceptors (Lipinski definition) is 5. The molecule has 2 amide bonds. The average molecular weight is 410 g/mol.